The fraction of sp³-hybridized carbons (Fsp3) is 0.650. The van der Waals surface area contributed by atoms with Crippen molar-refractivity contribution in [2.24, 2.45) is 21.8 Å². The minimum absolute atomic E-state index is 0.0517. The molecule has 2 heterocycles. The molecule has 2 atom stereocenters. The molecule has 2 aliphatic rings. The lowest BCUT2D eigenvalue weighted by atomic mass is 9.70. The smallest absolute Gasteiger partial charge is 0.252 e. The van der Waals surface area contributed by atoms with E-state index >= 15 is 0 Å². The van der Waals surface area contributed by atoms with E-state index in [-0.39, 0.29) is 16.7 Å². The Bertz CT molecular complexity index is 943. The highest BCUT2D eigenvalue weighted by atomic mass is 16.2. The van der Waals surface area contributed by atoms with E-state index < -0.39 is 0 Å². The predicted molar refractivity (Wildman–Crippen MR) is 103 cm³/mol. The molecule has 2 aromatic heterocycles. The van der Waals surface area contributed by atoms with Gasteiger partial charge in [0.1, 0.15) is 6.33 Å². The summed E-state index contributed by atoms with van der Waals surface area (Å²) in [5.74, 6) is 1.23. The largest absolute Gasteiger partial charge is 0.273 e. The number of rotatable bonds is 4. The molecule has 0 unspecified atom stereocenters. The van der Waals surface area contributed by atoms with Crippen molar-refractivity contribution in [3.05, 3.63) is 23.3 Å². The van der Waals surface area contributed by atoms with Gasteiger partial charge in [0, 0.05) is 28.9 Å². The van der Waals surface area contributed by atoms with Crippen molar-refractivity contribution < 1.29 is 4.79 Å². The minimum Gasteiger partial charge on any atom is -0.273 e. The zero-order chi connectivity index (χ0) is 19.4. The number of carbonyl (C=O) groups is 1. The van der Waals surface area contributed by atoms with Crippen LogP contribution in [0.2, 0.25) is 0 Å². The maximum Gasteiger partial charge on any atom is 0.252 e. The van der Waals surface area contributed by atoms with Crippen molar-refractivity contribution in [2.45, 2.75) is 66.7 Å². The summed E-state index contributed by atoms with van der Waals surface area (Å²) in [7, 11) is 0. The average molecular weight is 368 g/mol. The quantitative estimate of drug-likeness (QED) is 0.841. The summed E-state index contributed by atoms with van der Waals surface area (Å²) in [6.45, 7) is 10.9. The predicted octanol–water partition coefficient (Wildman–Crippen LogP) is 2.99. The van der Waals surface area contributed by atoms with E-state index in [0.29, 0.717) is 24.5 Å². The molecule has 7 heteroatoms. The zero-order valence-corrected chi connectivity index (χ0v) is 16.8. The van der Waals surface area contributed by atoms with Crippen LogP contribution in [0.4, 0.5) is 0 Å². The second-order valence-electron chi connectivity index (χ2n) is 8.82. The van der Waals surface area contributed by atoms with Crippen LogP contribution in [0.5, 0.6) is 0 Å². The Balaban J connectivity index is 1.43. The summed E-state index contributed by atoms with van der Waals surface area (Å²) in [4.78, 5) is 21.0. The molecule has 1 amide bonds. The number of aryl methyl sites for hydroxylation is 2. The molecule has 7 nitrogen and oxygen atoms in total. The molecule has 27 heavy (non-hydrogen) atoms. The minimum atomic E-state index is -0.0517. The number of aromatic nitrogens is 4. The third-order valence-corrected chi connectivity index (χ3v) is 7.42. The molecule has 0 aromatic carbocycles. The van der Waals surface area contributed by atoms with E-state index in [1.165, 1.54) is 19.2 Å². The Morgan fingerprint density at radius 2 is 2.15 bits per heavy atom. The first-order chi connectivity index (χ1) is 12.7. The summed E-state index contributed by atoms with van der Waals surface area (Å²) in [6, 6.07) is 0. The highest BCUT2D eigenvalue weighted by molar-refractivity contribution is 5.95. The third-order valence-electron chi connectivity index (χ3n) is 7.42. The molecule has 1 N–H and O–H groups in total. The lowest BCUT2D eigenvalue weighted by Crippen LogP contribution is -2.34. The fourth-order valence-corrected chi connectivity index (χ4v) is 5.04. The fourth-order valence-electron chi connectivity index (χ4n) is 5.04. The molecule has 144 valence electrons. The number of hydrazone groups is 1. The maximum absolute atomic E-state index is 12.4. The lowest BCUT2D eigenvalue weighted by Gasteiger charge is -2.34. The van der Waals surface area contributed by atoms with Gasteiger partial charge in [0.15, 0.2) is 0 Å². The molecule has 0 aliphatic heterocycles. The lowest BCUT2D eigenvalue weighted by molar-refractivity contribution is -0.121. The van der Waals surface area contributed by atoms with Gasteiger partial charge in [-0.2, -0.15) is 15.2 Å². The topological polar surface area (TPSA) is 84.5 Å². The van der Waals surface area contributed by atoms with Gasteiger partial charge >= 0.3 is 0 Å². The molecule has 2 saturated carbocycles. The highest BCUT2D eigenvalue weighted by Crippen LogP contribution is 2.63. The van der Waals surface area contributed by atoms with Gasteiger partial charge in [-0.15, -0.1) is 0 Å². The number of nitrogens with zero attached hydrogens (tertiary/aromatic N) is 5. The first kappa shape index (κ1) is 18.1. The number of hydrogen-bond acceptors (Lipinski definition) is 5. The van der Waals surface area contributed by atoms with Crippen LogP contribution in [0.3, 0.4) is 0 Å². The van der Waals surface area contributed by atoms with Gasteiger partial charge in [0.25, 0.3) is 5.78 Å². The second kappa shape index (κ2) is 6.11. The second-order valence-corrected chi connectivity index (χ2v) is 8.82. The number of nitrogens with one attached hydrogen (secondary N) is 1. The van der Waals surface area contributed by atoms with Gasteiger partial charge in [0.2, 0.25) is 5.91 Å². The first-order valence-corrected chi connectivity index (χ1v) is 9.76. The Kier molecular flexibility index (Phi) is 4.09. The number of amides is 1. The molecule has 4 rings (SSSR count). The van der Waals surface area contributed by atoms with Gasteiger partial charge < -0.3 is 0 Å². The molecule has 2 aliphatic carbocycles. The van der Waals surface area contributed by atoms with Crippen LogP contribution in [-0.2, 0) is 11.2 Å². The molecule has 2 fully saturated rings. The van der Waals surface area contributed by atoms with E-state index in [1.807, 2.05) is 13.8 Å². The number of carbonyl (C=O) groups excluding carboxylic acids is 1. The van der Waals surface area contributed by atoms with Gasteiger partial charge in [0.05, 0.1) is 0 Å². The van der Waals surface area contributed by atoms with Crippen molar-refractivity contribution in [3.63, 3.8) is 0 Å². The molecular formula is C20H28N6O. The Morgan fingerprint density at radius 1 is 1.37 bits per heavy atom. The Hall–Kier alpha value is -2.31. The van der Waals surface area contributed by atoms with Gasteiger partial charge in [-0.1, -0.05) is 20.8 Å². The van der Waals surface area contributed by atoms with E-state index in [1.54, 1.807) is 4.52 Å². The summed E-state index contributed by atoms with van der Waals surface area (Å²) >= 11 is 0. The normalized spacial score (nSPS) is 27.6. The van der Waals surface area contributed by atoms with Crippen molar-refractivity contribution in [1.82, 2.24) is 25.0 Å². The summed E-state index contributed by atoms with van der Waals surface area (Å²) in [5.41, 5.74) is 7.27. The molecule has 0 spiro atoms. The van der Waals surface area contributed by atoms with Crippen LogP contribution >= 0.6 is 0 Å². The van der Waals surface area contributed by atoms with E-state index in [0.717, 1.165) is 29.1 Å². The zero-order valence-electron chi connectivity index (χ0n) is 16.8. The van der Waals surface area contributed by atoms with Crippen molar-refractivity contribution >= 4 is 17.4 Å². The first-order valence-electron chi connectivity index (χ1n) is 9.76. The van der Waals surface area contributed by atoms with E-state index in [4.69, 9.17) is 0 Å². The number of fused-ring (bicyclic) bond motifs is 3. The van der Waals surface area contributed by atoms with Crippen LogP contribution in [0.1, 0.15) is 63.4 Å². The molecule has 2 aromatic rings. The van der Waals surface area contributed by atoms with E-state index in [2.05, 4.69) is 46.4 Å². The van der Waals surface area contributed by atoms with Crippen molar-refractivity contribution in [2.75, 3.05) is 0 Å². The van der Waals surface area contributed by atoms with Crippen molar-refractivity contribution in [1.29, 1.82) is 0 Å². The van der Waals surface area contributed by atoms with Crippen LogP contribution in [0, 0.1) is 30.6 Å². The van der Waals surface area contributed by atoms with Crippen LogP contribution in [0.25, 0.3) is 5.78 Å². The third kappa shape index (κ3) is 2.66. The van der Waals surface area contributed by atoms with E-state index in [9.17, 15) is 4.79 Å². The summed E-state index contributed by atoms with van der Waals surface area (Å²) < 4.78 is 1.72. The monoisotopic (exact) mass is 368 g/mol. The van der Waals surface area contributed by atoms with Crippen LogP contribution in [0.15, 0.2) is 11.4 Å². The number of hydrogen-bond donors (Lipinski definition) is 1. The standard InChI is InChI=1S/C20H28N6O/c1-12-15(13(2)26-18(23-12)21-11-22-26)6-7-17(27)25-24-16-10-14-8-9-20(16,5)19(14,3)4/h11,14H,6-10H2,1-5H3,(H,25,27)/b24-16-/t14-,20+/m1/s1. The maximum atomic E-state index is 12.4. The van der Waals surface area contributed by atoms with Gasteiger partial charge in [-0.25, -0.2) is 14.9 Å². The molecular weight excluding hydrogens is 340 g/mol. The molecule has 0 saturated heterocycles. The van der Waals surface area contributed by atoms with Crippen LogP contribution < -0.4 is 5.43 Å². The Labute approximate surface area is 159 Å². The Morgan fingerprint density at radius 3 is 2.81 bits per heavy atom. The van der Waals surface area contributed by atoms with Gasteiger partial charge in [-0.05, 0) is 56.4 Å². The molecule has 2 bridgehead atoms. The van der Waals surface area contributed by atoms with Crippen molar-refractivity contribution in [3.8, 4) is 0 Å². The highest BCUT2D eigenvalue weighted by Gasteiger charge is 2.59. The SMILES string of the molecule is Cc1nc2ncnn2c(C)c1CCC(=O)N/N=C1/C[C@H]2CC[C@]1(C)C2(C)C. The summed E-state index contributed by atoms with van der Waals surface area (Å²) in [6.07, 6.45) is 5.94. The summed E-state index contributed by atoms with van der Waals surface area (Å²) in [5, 5.41) is 8.75. The van der Waals surface area contributed by atoms with Gasteiger partial charge in [-0.3, -0.25) is 4.79 Å². The molecule has 0 radical (unpaired) electrons. The average Bonchev–Trinajstić information content (AvgIpc) is 3.21. The van der Waals surface area contributed by atoms with Crippen LogP contribution in [-0.4, -0.2) is 31.2 Å².